The first-order valence-electron chi connectivity index (χ1n) is 14.3. The number of hydrogen-bond donors (Lipinski definition) is 2. The highest BCUT2D eigenvalue weighted by Gasteiger charge is 2.07. The summed E-state index contributed by atoms with van der Waals surface area (Å²) in [5, 5.41) is 13.8. The summed E-state index contributed by atoms with van der Waals surface area (Å²) >= 11 is 0. The number of nitriles is 1. The van der Waals surface area contributed by atoms with E-state index in [0.29, 0.717) is 11.3 Å². The number of nitrogen functional groups attached to an aromatic ring is 1. The van der Waals surface area contributed by atoms with Crippen molar-refractivity contribution in [2.45, 2.75) is 13.8 Å². The van der Waals surface area contributed by atoms with E-state index in [9.17, 15) is 4.79 Å². The second kappa shape index (κ2) is 13.9. The predicted molar refractivity (Wildman–Crippen MR) is 180 cm³/mol. The number of aryl methyl sites for hydroxylation is 2. The van der Waals surface area contributed by atoms with Crippen LogP contribution in [0.25, 0.3) is 33.0 Å². The summed E-state index contributed by atoms with van der Waals surface area (Å²) in [5.74, 6) is 0.354. The monoisotopic (exact) mass is 575 g/mol. The average molecular weight is 576 g/mol. The van der Waals surface area contributed by atoms with Crippen LogP contribution in [0.2, 0.25) is 0 Å². The molecule has 0 heterocycles. The molecule has 0 saturated carbocycles. The Bertz CT molecular complexity index is 1940. The predicted octanol–water partition coefficient (Wildman–Crippen LogP) is 8.95. The maximum Gasteiger partial charge on any atom is 0.262 e. The fraction of sp³-hybridized carbons (Fsp3) is 0.0769. The molecule has 6 aromatic carbocycles. The molecule has 0 aliphatic heterocycles. The van der Waals surface area contributed by atoms with Crippen LogP contribution in [0.3, 0.4) is 0 Å². The van der Waals surface area contributed by atoms with Gasteiger partial charge in [-0.3, -0.25) is 4.79 Å². The van der Waals surface area contributed by atoms with Crippen molar-refractivity contribution in [1.29, 1.82) is 5.26 Å². The fourth-order valence-corrected chi connectivity index (χ4v) is 4.92. The van der Waals surface area contributed by atoms with Crippen molar-refractivity contribution < 1.29 is 9.53 Å². The Morgan fingerprint density at radius 3 is 1.86 bits per heavy atom. The summed E-state index contributed by atoms with van der Waals surface area (Å²) in [4.78, 5) is 12.3. The second-order valence-electron chi connectivity index (χ2n) is 10.5. The molecule has 0 aliphatic carbocycles. The van der Waals surface area contributed by atoms with Crippen molar-refractivity contribution in [3.8, 4) is 34.1 Å². The quantitative estimate of drug-likeness (QED) is 0.194. The van der Waals surface area contributed by atoms with Crippen molar-refractivity contribution in [1.82, 2.24) is 0 Å². The van der Waals surface area contributed by atoms with E-state index in [-0.39, 0.29) is 12.5 Å². The van der Waals surface area contributed by atoms with Crippen LogP contribution in [0, 0.1) is 25.2 Å². The number of anilines is 2. The lowest BCUT2D eigenvalue weighted by Crippen LogP contribution is -2.20. The molecule has 0 bridgehead atoms. The zero-order valence-corrected chi connectivity index (χ0v) is 24.7. The van der Waals surface area contributed by atoms with Crippen molar-refractivity contribution >= 4 is 28.1 Å². The highest BCUT2D eigenvalue weighted by molar-refractivity contribution is 5.92. The van der Waals surface area contributed by atoms with Gasteiger partial charge in [0.1, 0.15) is 5.75 Å². The Kier molecular flexibility index (Phi) is 9.34. The molecular weight excluding hydrogens is 542 g/mol. The zero-order valence-electron chi connectivity index (χ0n) is 24.7. The van der Waals surface area contributed by atoms with Crippen molar-refractivity contribution in [2.24, 2.45) is 0 Å². The number of nitrogens with two attached hydrogens (primary N) is 1. The zero-order chi connectivity index (χ0) is 30.9. The van der Waals surface area contributed by atoms with Crippen LogP contribution in [0.15, 0.2) is 133 Å². The lowest BCUT2D eigenvalue weighted by atomic mass is 10.0. The molecule has 6 rings (SSSR count). The van der Waals surface area contributed by atoms with Crippen LogP contribution in [0.5, 0.6) is 5.75 Å². The van der Waals surface area contributed by atoms with Crippen LogP contribution in [-0.2, 0) is 4.79 Å². The number of nitrogens with one attached hydrogen (secondary N) is 1. The minimum absolute atomic E-state index is 0.0943. The van der Waals surface area contributed by atoms with Crippen LogP contribution in [0.4, 0.5) is 11.4 Å². The molecule has 5 heteroatoms. The molecule has 0 aliphatic rings. The molecule has 0 fully saturated rings. The van der Waals surface area contributed by atoms with E-state index in [4.69, 9.17) is 15.7 Å². The lowest BCUT2D eigenvalue weighted by Gasteiger charge is -2.10. The molecule has 216 valence electrons. The maximum atomic E-state index is 12.3. The summed E-state index contributed by atoms with van der Waals surface area (Å²) < 4.78 is 5.64. The molecule has 0 spiro atoms. The van der Waals surface area contributed by atoms with E-state index in [1.54, 1.807) is 12.1 Å². The molecule has 0 atom stereocenters. The Hall–Kier alpha value is -5.86. The van der Waals surface area contributed by atoms with Gasteiger partial charge in [0, 0.05) is 11.4 Å². The van der Waals surface area contributed by atoms with Crippen LogP contribution >= 0.6 is 0 Å². The number of ether oxygens (including phenoxy) is 1. The van der Waals surface area contributed by atoms with Crippen molar-refractivity contribution in [3.63, 3.8) is 0 Å². The molecule has 44 heavy (non-hydrogen) atoms. The first-order valence-corrected chi connectivity index (χ1v) is 14.3. The van der Waals surface area contributed by atoms with E-state index in [1.807, 2.05) is 72.8 Å². The van der Waals surface area contributed by atoms with Gasteiger partial charge in [0.2, 0.25) is 0 Å². The number of nitrogens with zero attached hydrogens (tertiary/aromatic N) is 1. The van der Waals surface area contributed by atoms with Gasteiger partial charge in [0.05, 0.1) is 11.6 Å². The van der Waals surface area contributed by atoms with E-state index >= 15 is 0 Å². The summed E-state index contributed by atoms with van der Waals surface area (Å²) in [7, 11) is 0. The Balaban J connectivity index is 0.000000229. The number of carbonyl (C=O) groups excluding carboxylic acids is 1. The van der Waals surface area contributed by atoms with Gasteiger partial charge in [-0.15, -0.1) is 0 Å². The van der Waals surface area contributed by atoms with Gasteiger partial charge < -0.3 is 15.8 Å². The third kappa shape index (κ3) is 7.50. The van der Waals surface area contributed by atoms with E-state index in [0.717, 1.165) is 27.7 Å². The SMILES string of the molecule is Cc1ccccc1-c1ccc(N)cc1.Cc1ccccc1-c1ccc(NC(=O)COc2ccc3ccc(C#N)cc3c2)cc1. The van der Waals surface area contributed by atoms with Gasteiger partial charge in [-0.1, -0.05) is 84.9 Å². The van der Waals surface area contributed by atoms with Gasteiger partial charge in [-0.05, 0) is 107 Å². The molecule has 1 amide bonds. The summed E-state index contributed by atoms with van der Waals surface area (Å²) in [6, 6.07) is 45.5. The van der Waals surface area contributed by atoms with Crippen LogP contribution in [-0.4, -0.2) is 12.5 Å². The molecule has 0 saturated heterocycles. The number of carbonyl (C=O) groups is 1. The Labute approximate surface area is 258 Å². The molecule has 0 unspecified atom stereocenters. The number of benzene rings is 6. The number of fused-ring (bicyclic) bond motifs is 1. The summed E-state index contributed by atoms with van der Waals surface area (Å²) in [6.45, 7) is 4.10. The molecular formula is C39H33N3O2. The first kappa shape index (κ1) is 29.6. The minimum Gasteiger partial charge on any atom is -0.484 e. The third-order valence-electron chi connectivity index (χ3n) is 7.30. The molecule has 0 radical (unpaired) electrons. The van der Waals surface area contributed by atoms with Crippen molar-refractivity contribution in [2.75, 3.05) is 17.7 Å². The van der Waals surface area contributed by atoms with Gasteiger partial charge in [0.15, 0.2) is 6.61 Å². The first-order chi connectivity index (χ1) is 21.4. The van der Waals surface area contributed by atoms with Gasteiger partial charge in [0.25, 0.3) is 5.91 Å². The highest BCUT2D eigenvalue weighted by atomic mass is 16.5. The van der Waals surface area contributed by atoms with Gasteiger partial charge >= 0.3 is 0 Å². The molecule has 3 N–H and O–H groups in total. The molecule has 5 nitrogen and oxygen atoms in total. The average Bonchev–Trinajstić information content (AvgIpc) is 3.05. The Morgan fingerprint density at radius 2 is 1.27 bits per heavy atom. The lowest BCUT2D eigenvalue weighted by molar-refractivity contribution is -0.118. The minimum atomic E-state index is -0.232. The number of amides is 1. The largest absolute Gasteiger partial charge is 0.484 e. The number of hydrogen-bond acceptors (Lipinski definition) is 4. The fourth-order valence-electron chi connectivity index (χ4n) is 4.92. The third-order valence-corrected chi connectivity index (χ3v) is 7.30. The normalized spacial score (nSPS) is 10.3. The van der Waals surface area contributed by atoms with Gasteiger partial charge in [-0.2, -0.15) is 5.26 Å². The van der Waals surface area contributed by atoms with Crippen LogP contribution in [0.1, 0.15) is 16.7 Å². The van der Waals surface area contributed by atoms with E-state index < -0.39 is 0 Å². The van der Waals surface area contributed by atoms with Gasteiger partial charge in [-0.25, -0.2) is 0 Å². The maximum absolute atomic E-state index is 12.3. The molecule has 6 aromatic rings. The number of rotatable bonds is 6. The van der Waals surface area contributed by atoms with Crippen molar-refractivity contribution in [3.05, 3.63) is 150 Å². The standard InChI is InChI=1S/C26H20N2O2.C13H13N/c1-18-4-2-3-5-25(18)21-8-11-23(12-9-21)28-26(29)17-30-24-13-10-20-7-6-19(16-27)14-22(20)15-24;1-10-4-2-3-5-13(10)11-6-8-12(14)9-7-11/h2-15H,17H2,1H3,(H,28,29);2-9H,14H2,1H3. The molecule has 0 aromatic heterocycles. The summed E-state index contributed by atoms with van der Waals surface area (Å²) in [6.07, 6.45) is 0. The second-order valence-corrected chi connectivity index (χ2v) is 10.5. The summed E-state index contributed by atoms with van der Waals surface area (Å²) in [5.41, 5.74) is 15.0. The topological polar surface area (TPSA) is 88.1 Å². The van der Waals surface area contributed by atoms with E-state index in [1.165, 1.54) is 27.8 Å². The van der Waals surface area contributed by atoms with Crippen LogP contribution < -0.4 is 15.8 Å². The smallest absolute Gasteiger partial charge is 0.262 e. The van der Waals surface area contributed by atoms with E-state index in [2.05, 4.69) is 73.8 Å². The highest BCUT2D eigenvalue weighted by Crippen LogP contribution is 2.26. The Morgan fingerprint density at radius 1 is 0.705 bits per heavy atom.